The van der Waals surface area contributed by atoms with E-state index in [2.05, 4.69) is 0 Å². The van der Waals surface area contributed by atoms with E-state index in [9.17, 15) is 45.1 Å². The smallest absolute Gasteiger partial charge is 0.416 e. The van der Waals surface area contributed by atoms with Crippen molar-refractivity contribution in [2.75, 3.05) is 33.7 Å². The SMILES string of the molecule is CN(C)CCC[C@H]1C(=O)N(Cc2ccc(F)cc2)C[C@@H]2N(C(=O)OCc3cc(C(F)(F)F)cc(C(F)(F)F)c3)CCC(=O)N21. The maximum Gasteiger partial charge on any atom is 0.416 e. The Balaban J connectivity index is 1.58. The summed E-state index contributed by atoms with van der Waals surface area (Å²) in [6, 6.07) is 5.45. The van der Waals surface area contributed by atoms with Gasteiger partial charge in [0, 0.05) is 19.5 Å². The molecule has 44 heavy (non-hydrogen) atoms. The maximum absolute atomic E-state index is 13.6. The van der Waals surface area contributed by atoms with Gasteiger partial charge < -0.3 is 19.4 Å². The van der Waals surface area contributed by atoms with E-state index < -0.39 is 59.8 Å². The molecule has 0 aliphatic carbocycles. The number of hydrogen-bond acceptors (Lipinski definition) is 5. The Bertz CT molecular complexity index is 1330. The average Bonchev–Trinajstić information content (AvgIpc) is 2.93. The minimum Gasteiger partial charge on any atom is -0.444 e. The van der Waals surface area contributed by atoms with Gasteiger partial charge in [-0.1, -0.05) is 12.1 Å². The summed E-state index contributed by atoms with van der Waals surface area (Å²) < 4.78 is 98.4. The van der Waals surface area contributed by atoms with Crippen molar-refractivity contribution < 1.29 is 49.9 Å². The highest BCUT2D eigenvalue weighted by Crippen LogP contribution is 2.37. The van der Waals surface area contributed by atoms with Gasteiger partial charge in [0.1, 0.15) is 24.6 Å². The molecular formula is C29H31F7N4O4. The highest BCUT2D eigenvalue weighted by molar-refractivity contribution is 5.90. The molecule has 2 aliphatic heterocycles. The van der Waals surface area contributed by atoms with Crippen LogP contribution in [0.5, 0.6) is 0 Å². The van der Waals surface area contributed by atoms with Crippen molar-refractivity contribution >= 4 is 17.9 Å². The standard InChI is InChI=1S/C29H31F7N4O4/c1-37(2)10-3-4-23-26(42)38(15-18-5-7-22(30)8-6-18)16-24-39(11-9-25(41)40(23)24)27(43)44-17-19-12-20(28(31,32)33)14-21(13-19)29(34,35)36/h5-8,12-14,23-24H,3-4,9-11,15-17H2,1-2H3/t23-,24+/m0/s1. The van der Waals surface area contributed by atoms with E-state index >= 15 is 0 Å². The van der Waals surface area contributed by atoms with Gasteiger partial charge in [-0.05, 0) is 74.9 Å². The fourth-order valence-electron chi connectivity index (χ4n) is 5.36. The van der Waals surface area contributed by atoms with Crippen LogP contribution in [0.25, 0.3) is 0 Å². The molecule has 0 N–H and O–H groups in total. The fraction of sp³-hybridized carbons (Fsp3) is 0.483. The van der Waals surface area contributed by atoms with Gasteiger partial charge >= 0.3 is 18.4 Å². The lowest BCUT2D eigenvalue weighted by Crippen LogP contribution is -2.71. The lowest BCUT2D eigenvalue weighted by molar-refractivity contribution is -0.169. The summed E-state index contributed by atoms with van der Waals surface area (Å²) in [6.45, 7) is -0.513. The molecule has 0 unspecified atom stereocenters. The first kappa shape index (κ1) is 33.0. The first-order chi connectivity index (χ1) is 20.5. The molecule has 0 aromatic heterocycles. The van der Waals surface area contributed by atoms with Crippen LogP contribution in [0.15, 0.2) is 42.5 Å². The van der Waals surface area contributed by atoms with Crippen LogP contribution in [0.1, 0.15) is 41.5 Å². The zero-order chi connectivity index (χ0) is 32.4. The van der Waals surface area contributed by atoms with Gasteiger partial charge in [-0.15, -0.1) is 0 Å². The minimum atomic E-state index is -5.07. The van der Waals surface area contributed by atoms with Gasteiger partial charge in [0.15, 0.2) is 0 Å². The van der Waals surface area contributed by atoms with E-state index in [0.29, 0.717) is 30.7 Å². The van der Waals surface area contributed by atoms with Crippen LogP contribution in [0.2, 0.25) is 0 Å². The molecule has 8 nitrogen and oxygen atoms in total. The van der Waals surface area contributed by atoms with Gasteiger partial charge in [0.05, 0.1) is 17.7 Å². The third-order valence-electron chi connectivity index (χ3n) is 7.47. The Hall–Kier alpha value is -3.88. The molecular weight excluding hydrogens is 601 g/mol. The lowest BCUT2D eigenvalue weighted by Gasteiger charge is -2.52. The van der Waals surface area contributed by atoms with Crippen LogP contribution < -0.4 is 0 Å². The van der Waals surface area contributed by atoms with Crippen LogP contribution >= 0.6 is 0 Å². The average molecular weight is 633 g/mol. The van der Waals surface area contributed by atoms with E-state index in [1.165, 1.54) is 34.1 Å². The molecule has 2 aromatic rings. The van der Waals surface area contributed by atoms with Gasteiger partial charge in [-0.25, -0.2) is 9.18 Å². The molecule has 4 rings (SSSR count). The molecule has 0 radical (unpaired) electrons. The summed E-state index contributed by atoms with van der Waals surface area (Å²) in [6.07, 6.45) is -11.6. The van der Waals surface area contributed by atoms with E-state index in [-0.39, 0.29) is 50.4 Å². The van der Waals surface area contributed by atoms with Gasteiger partial charge in [0.2, 0.25) is 11.8 Å². The highest BCUT2D eigenvalue weighted by Gasteiger charge is 2.49. The second kappa shape index (κ2) is 13.0. The second-order valence-electron chi connectivity index (χ2n) is 11.0. The Labute approximate surface area is 248 Å². The number of carbonyl (C=O) groups is 3. The Kier molecular flexibility index (Phi) is 9.76. The first-order valence-corrected chi connectivity index (χ1v) is 13.8. The number of fused-ring (bicyclic) bond motifs is 1. The monoisotopic (exact) mass is 632 g/mol. The Morgan fingerprint density at radius 3 is 2.14 bits per heavy atom. The van der Waals surface area contributed by atoms with Crippen molar-refractivity contribution in [3.8, 4) is 0 Å². The zero-order valence-corrected chi connectivity index (χ0v) is 23.9. The molecule has 0 bridgehead atoms. The molecule has 3 amide bonds. The topological polar surface area (TPSA) is 73.4 Å². The van der Waals surface area contributed by atoms with Gasteiger partial charge in [-0.3, -0.25) is 14.5 Å². The molecule has 15 heteroatoms. The number of hydrogen-bond donors (Lipinski definition) is 0. The molecule has 2 aliphatic rings. The molecule has 2 saturated heterocycles. The molecule has 240 valence electrons. The highest BCUT2D eigenvalue weighted by atomic mass is 19.4. The lowest BCUT2D eigenvalue weighted by atomic mass is 9.99. The van der Waals surface area contributed by atoms with Crippen LogP contribution in [0.3, 0.4) is 0 Å². The number of alkyl halides is 6. The number of rotatable bonds is 8. The number of amides is 3. The summed E-state index contributed by atoms with van der Waals surface area (Å²) >= 11 is 0. The molecule has 2 aromatic carbocycles. The van der Waals surface area contributed by atoms with Crippen molar-refractivity contribution in [2.45, 2.75) is 57.0 Å². The third-order valence-corrected chi connectivity index (χ3v) is 7.47. The van der Waals surface area contributed by atoms with E-state index in [4.69, 9.17) is 4.74 Å². The van der Waals surface area contributed by atoms with Crippen LogP contribution in [-0.4, -0.2) is 83.4 Å². The third kappa shape index (κ3) is 7.79. The minimum absolute atomic E-state index is 0.0232. The predicted molar refractivity (Wildman–Crippen MR) is 142 cm³/mol. The molecule has 0 spiro atoms. The normalized spacial score (nSPS) is 19.5. The van der Waals surface area contributed by atoms with Crippen molar-refractivity contribution in [3.63, 3.8) is 0 Å². The number of benzene rings is 2. The predicted octanol–water partition coefficient (Wildman–Crippen LogP) is 5.11. The van der Waals surface area contributed by atoms with Crippen molar-refractivity contribution in [1.29, 1.82) is 0 Å². The summed E-state index contributed by atoms with van der Waals surface area (Å²) in [7, 11) is 3.69. The quantitative estimate of drug-likeness (QED) is 0.379. The first-order valence-electron chi connectivity index (χ1n) is 13.8. The van der Waals surface area contributed by atoms with E-state index in [1.807, 2.05) is 19.0 Å². The van der Waals surface area contributed by atoms with Gasteiger partial charge in [-0.2, -0.15) is 26.3 Å². The molecule has 2 atom stereocenters. The zero-order valence-electron chi connectivity index (χ0n) is 23.9. The fourth-order valence-corrected chi connectivity index (χ4v) is 5.36. The summed E-state index contributed by atoms with van der Waals surface area (Å²) in [4.78, 5) is 45.8. The number of carbonyl (C=O) groups excluding carboxylic acids is 3. The van der Waals surface area contributed by atoms with Crippen molar-refractivity contribution in [1.82, 2.24) is 19.6 Å². The maximum atomic E-state index is 13.6. The second-order valence-corrected chi connectivity index (χ2v) is 11.0. The Morgan fingerprint density at radius 2 is 1.57 bits per heavy atom. The van der Waals surface area contributed by atoms with E-state index in [1.54, 1.807) is 0 Å². The van der Waals surface area contributed by atoms with Crippen LogP contribution in [0.4, 0.5) is 35.5 Å². The number of halogens is 7. The molecule has 2 heterocycles. The van der Waals surface area contributed by atoms with Crippen molar-refractivity contribution in [2.24, 2.45) is 0 Å². The van der Waals surface area contributed by atoms with Crippen LogP contribution in [0, 0.1) is 5.82 Å². The van der Waals surface area contributed by atoms with Crippen LogP contribution in [-0.2, 0) is 39.8 Å². The van der Waals surface area contributed by atoms with Crippen molar-refractivity contribution in [3.05, 3.63) is 70.5 Å². The Morgan fingerprint density at radius 1 is 0.955 bits per heavy atom. The largest absolute Gasteiger partial charge is 0.444 e. The number of nitrogens with zero attached hydrogens (tertiary/aromatic N) is 4. The summed E-state index contributed by atoms with van der Waals surface area (Å²) in [5.74, 6) is -1.21. The number of piperazine rings is 1. The van der Waals surface area contributed by atoms with E-state index in [0.717, 1.165) is 4.90 Å². The van der Waals surface area contributed by atoms with Gasteiger partial charge in [0.25, 0.3) is 0 Å². The summed E-state index contributed by atoms with van der Waals surface area (Å²) in [5, 5.41) is 0. The summed E-state index contributed by atoms with van der Waals surface area (Å²) in [5.41, 5.74) is -3.02. The molecule has 0 saturated carbocycles. The molecule has 2 fully saturated rings. The number of ether oxygens (including phenoxy) is 1.